The minimum absolute atomic E-state index is 0.138. The molecular formula is C16H19NO. The normalized spacial score (nSPS) is 12.3. The van der Waals surface area contributed by atoms with Crippen LogP contribution in [0.25, 0.3) is 11.1 Å². The minimum Gasteiger partial charge on any atom is -0.395 e. The third-order valence-corrected chi connectivity index (χ3v) is 2.99. The van der Waals surface area contributed by atoms with Crippen molar-refractivity contribution in [1.29, 1.82) is 0 Å². The number of hydrogen-bond donors (Lipinski definition) is 2. The first-order valence-corrected chi connectivity index (χ1v) is 6.28. The summed E-state index contributed by atoms with van der Waals surface area (Å²) in [4.78, 5) is 0. The van der Waals surface area contributed by atoms with E-state index in [-0.39, 0.29) is 12.6 Å². The Morgan fingerprint density at radius 2 is 1.56 bits per heavy atom. The van der Waals surface area contributed by atoms with Crippen molar-refractivity contribution < 1.29 is 5.11 Å². The fourth-order valence-electron chi connectivity index (χ4n) is 1.80. The summed E-state index contributed by atoms with van der Waals surface area (Å²) in [6, 6.07) is 19.0. The molecule has 2 aromatic carbocycles. The largest absolute Gasteiger partial charge is 0.395 e. The van der Waals surface area contributed by atoms with Crippen LogP contribution in [-0.4, -0.2) is 17.8 Å². The average Bonchev–Trinajstić information content (AvgIpc) is 2.46. The fourth-order valence-corrected chi connectivity index (χ4v) is 1.80. The molecule has 0 saturated heterocycles. The number of aliphatic hydroxyl groups excluding tert-OH is 1. The Morgan fingerprint density at radius 3 is 2.17 bits per heavy atom. The maximum Gasteiger partial charge on any atom is 0.0582 e. The van der Waals surface area contributed by atoms with Crippen LogP contribution in [-0.2, 0) is 6.54 Å². The van der Waals surface area contributed by atoms with Crippen molar-refractivity contribution in [3.63, 3.8) is 0 Å². The molecule has 0 aliphatic heterocycles. The topological polar surface area (TPSA) is 32.3 Å². The lowest BCUT2D eigenvalue weighted by Crippen LogP contribution is -2.28. The number of hydrogen-bond acceptors (Lipinski definition) is 2. The van der Waals surface area contributed by atoms with Crippen LogP contribution in [0, 0.1) is 0 Å². The standard InChI is InChI=1S/C16H19NO/c1-13(12-18)17-11-14-7-9-16(10-8-14)15-5-3-2-4-6-15/h2-10,13,17-18H,11-12H2,1H3/t13-/m1/s1. The molecule has 0 aliphatic carbocycles. The summed E-state index contributed by atoms with van der Waals surface area (Å²) in [5, 5.41) is 12.2. The second kappa shape index (κ2) is 6.34. The van der Waals surface area contributed by atoms with Crippen molar-refractivity contribution in [2.45, 2.75) is 19.5 Å². The van der Waals surface area contributed by atoms with E-state index in [1.807, 2.05) is 25.1 Å². The lowest BCUT2D eigenvalue weighted by atomic mass is 10.0. The van der Waals surface area contributed by atoms with Crippen LogP contribution < -0.4 is 5.32 Å². The fraction of sp³-hybridized carbons (Fsp3) is 0.250. The second-order valence-electron chi connectivity index (χ2n) is 4.53. The average molecular weight is 241 g/mol. The molecule has 18 heavy (non-hydrogen) atoms. The van der Waals surface area contributed by atoms with Gasteiger partial charge < -0.3 is 10.4 Å². The monoisotopic (exact) mass is 241 g/mol. The molecule has 0 heterocycles. The summed E-state index contributed by atoms with van der Waals surface area (Å²) in [5.74, 6) is 0. The molecule has 0 saturated carbocycles. The number of benzene rings is 2. The molecule has 94 valence electrons. The van der Waals surface area contributed by atoms with Gasteiger partial charge in [-0.3, -0.25) is 0 Å². The van der Waals surface area contributed by atoms with E-state index in [1.165, 1.54) is 16.7 Å². The predicted octanol–water partition coefficient (Wildman–Crippen LogP) is 2.82. The van der Waals surface area contributed by atoms with Crippen LogP contribution in [0.5, 0.6) is 0 Å². The van der Waals surface area contributed by atoms with Crippen molar-refractivity contribution in [2.24, 2.45) is 0 Å². The third-order valence-electron chi connectivity index (χ3n) is 2.99. The van der Waals surface area contributed by atoms with Gasteiger partial charge >= 0.3 is 0 Å². The van der Waals surface area contributed by atoms with Gasteiger partial charge in [0.2, 0.25) is 0 Å². The molecule has 0 spiro atoms. The predicted molar refractivity (Wildman–Crippen MR) is 75.3 cm³/mol. The van der Waals surface area contributed by atoms with E-state index in [2.05, 4.69) is 41.7 Å². The molecule has 2 rings (SSSR count). The van der Waals surface area contributed by atoms with E-state index < -0.39 is 0 Å². The van der Waals surface area contributed by atoms with Crippen molar-refractivity contribution in [3.8, 4) is 11.1 Å². The first-order valence-electron chi connectivity index (χ1n) is 6.28. The van der Waals surface area contributed by atoms with Crippen LogP contribution in [0.2, 0.25) is 0 Å². The van der Waals surface area contributed by atoms with E-state index in [0.717, 1.165) is 6.54 Å². The van der Waals surface area contributed by atoms with Crippen LogP contribution in [0.1, 0.15) is 12.5 Å². The van der Waals surface area contributed by atoms with Gasteiger partial charge in [-0.1, -0.05) is 54.6 Å². The quantitative estimate of drug-likeness (QED) is 0.843. The molecule has 2 nitrogen and oxygen atoms in total. The SMILES string of the molecule is C[C@H](CO)NCc1ccc(-c2ccccc2)cc1. The van der Waals surface area contributed by atoms with E-state index in [4.69, 9.17) is 5.11 Å². The maximum atomic E-state index is 8.94. The summed E-state index contributed by atoms with van der Waals surface area (Å²) in [6.07, 6.45) is 0. The third kappa shape index (κ3) is 3.42. The molecule has 0 fully saturated rings. The highest BCUT2D eigenvalue weighted by molar-refractivity contribution is 5.63. The highest BCUT2D eigenvalue weighted by atomic mass is 16.3. The molecule has 0 aromatic heterocycles. The van der Waals surface area contributed by atoms with Crippen molar-refractivity contribution in [3.05, 3.63) is 60.2 Å². The van der Waals surface area contributed by atoms with Gasteiger partial charge in [0.15, 0.2) is 0 Å². The zero-order chi connectivity index (χ0) is 12.8. The van der Waals surface area contributed by atoms with E-state index >= 15 is 0 Å². The van der Waals surface area contributed by atoms with Gasteiger partial charge in [0.05, 0.1) is 6.61 Å². The second-order valence-corrected chi connectivity index (χ2v) is 4.53. The Hall–Kier alpha value is -1.64. The Balaban J connectivity index is 2.02. The summed E-state index contributed by atoms with van der Waals surface area (Å²) in [5.41, 5.74) is 3.70. The summed E-state index contributed by atoms with van der Waals surface area (Å²) < 4.78 is 0. The molecule has 0 bridgehead atoms. The van der Waals surface area contributed by atoms with Crippen molar-refractivity contribution in [2.75, 3.05) is 6.61 Å². The maximum absolute atomic E-state index is 8.94. The van der Waals surface area contributed by atoms with Crippen LogP contribution in [0.15, 0.2) is 54.6 Å². The molecule has 2 heteroatoms. The van der Waals surface area contributed by atoms with Crippen LogP contribution in [0.4, 0.5) is 0 Å². The highest BCUT2D eigenvalue weighted by Gasteiger charge is 2.00. The molecule has 1 atom stereocenters. The van der Waals surface area contributed by atoms with E-state index in [9.17, 15) is 0 Å². The number of aliphatic hydroxyl groups is 1. The van der Waals surface area contributed by atoms with Crippen LogP contribution in [0.3, 0.4) is 0 Å². The van der Waals surface area contributed by atoms with E-state index in [0.29, 0.717) is 0 Å². The Kier molecular flexibility index (Phi) is 4.51. The Labute approximate surface area is 108 Å². The zero-order valence-electron chi connectivity index (χ0n) is 10.6. The first-order chi connectivity index (χ1) is 8.79. The summed E-state index contributed by atoms with van der Waals surface area (Å²) in [7, 11) is 0. The molecule has 0 unspecified atom stereocenters. The zero-order valence-corrected chi connectivity index (χ0v) is 10.6. The van der Waals surface area contributed by atoms with Crippen LogP contribution >= 0.6 is 0 Å². The van der Waals surface area contributed by atoms with Gasteiger partial charge in [-0.2, -0.15) is 0 Å². The van der Waals surface area contributed by atoms with Crippen molar-refractivity contribution in [1.82, 2.24) is 5.32 Å². The molecule has 2 N–H and O–H groups in total. The lowest BCUT2D eigenvalue weighted by molar-refractivity contribution is 0.251. The van der Waals surface area contributed by atoms with Gasteiger partial charge in [-0.05, 0) is 23.6 Å². The van der Waals surface area contributed by atoms with Gasteiger partial charge in [-0.25, -0.2) is 0 Å². The smallest absolute Gasteiger partial charge is 0.0582 e. The molecular weight excluding hydrogens is 222 g/mol. The molecule has 2 aromatic rings. The number of rotatable bonds is 5. The Morgan fingerprint density at radius 1 is 0.944 bits per heavy atom. The molecule has 0 amide bonds. The van der Waals surface area contributed by atoms with E-state index in [1.54, 1.807) is 0 Å². The summed E-state index contributed by atoms with van der Waals surface area (Å²) in [6.45, 7) is 2.93. The number of nitrogens with one attached hydrogen (secondary N) is 1. The van der Waals surface area contributed by atoms with Crippen molar-refractivity contribution >= 4 is 0 Å². The summed E-state index contributed by atoms with van der Waals surface area (Å²) >= 11 is 0. The lowest BCUT2D eigenvalue weighted by Gasteiger charge is -2.11. The van der Waals surface area contributed by atoms with Gasteiger partial charge in [0, 0.05) is 12.6 Å². The first kappa shape index (κ1) is 12.8. The minimum atomic E-state index is 0.138. The van der Waals surface area contributed by atoms with Gasteiger partial charge in [0.25, 0.3) is 0 Å². The van der Waals surface area contributed by atoms with Gasteiger partial charge in [-0.15, -0.1) is 0 Å². The molecule has 0 radical (unpaired) electrons. The molecule has 0 aliphatic rings. The Bertz CT molecular complexity index is 464. The van der Waals surface area contributed by atoms with Gasteiger partial charge in [0.1, 0.15) is 0 Å². The highest BCUT2D eigenvalue weighted by Crippen LogP contribution is 2.19.